The predicted molar refractivity (Wildman–Crippen MR) is 84.7 cm³/mol. The maximum atomic E-state index is 10.8. The molecule has 5 heteroatoms. The Hall–Kier alpha value is -1.91. The molecule has 1 N–H and O–H groups in total. The van der Waals surface area contributed by atoms with Gasteiger partial charge >= 0.3 is 0 Å². The summed E-state index contributed by atoms with van der Waals surface area (Å²) < 4.78 is 0. The van der Waals surface area contributed by atoms with Gasteiger partial charge in [0.1, 0.15) is 0 Å². The minimum Gasteiger partial charge on any atom is -0.312 e. The zero-order valence-corrected chi connectivity index (χ0v) is 12.5. The predicted octanol–water partition coefficient (Wildman–Crippen LogP) is 4.14. The summed E-state index contributed by atoms with van der Waals surface area (Å²) in [6, 6.07) is 14.7. The van der Waals surface area contributed by atoms with Crippen molar-refractivity contribution in [2.24, 2.45) is 0 Å². The molecule has 0 saturated carbocycles. The lowest BCUT2D eigenvalue weighted by molar-refractivity contribution is -0.384. The summed E-state index contributed by atoms with van der Waals surface area (Å²) in [7, 11) is 0. The maximum Gasteiger partial charge on any atom is 0.269 e. The molecule has 0 aliphatic heterocycles. The third-order valence-corrected chi connectivity index (χ3v) is 3.74. The molecule has 110 valence electrons. The van der Waals surface area contributed by atoms with Gasteiger partial charge in [-0.15, -0.1) is 0 Å². The minimum absolute atomic E-state index is 0.0623. The van der Waals surface area contributed by atoms with Gasteiger partial charge in [0.05, 0.1) is 4.92 Å². The van der Waals surface area contributed by atoms with E-state index >= 15 is 0 Å². The van der Waals surface area contributed by atoms with Crippen LogP contribution in [0.2, 0.25) is 5.02 Å². The first-order valence-corrected chi connectivity index (χ1v) is 7.14. The van der Waals surface area contributed by atoms with E-state index in [9.17, 15) is 10.1 Å². The Balaban J connectivity index is 1.94. The van der Waals surface area contributed by atoms with Crippen LogP contribution in [0, 0.1) is 10.1 Å². The highest BCUT2D eigenvalue weighted by Gasteiger charge is 2.10. The molecule has 2 rings (SSSR count). The zero-order chi connectivity index (χ0) is 15.2. The van der Waals surface area contributed by atoms with Crippen LogP contribution in [-0.2, 0) is 6.54 Å². The number of halogens is 1. The Morgan fingerprint density at radius 1 is 1.24 bits per heavy atom. The fourth-order valence-electron chi connectivity index (χ4n) is 2.13. The number of benzene rings is 2. The van der Waals surface area contributed by atoms with Crippen LogP contribution >= 0.6 is 11.6 Å². The monoisotopic (exact) mass is 304 g/mol. The molecule has 0 fully saturated rings. The second-order valence-electron chi connectivity index (χ2n) is 4.98. The van der Waals surface area contributed by atoms with Crippen molar-refractivity contribution < 1.29 is 4.92 Å². The highest BCUT2D eigenvalue weighted by Crippen LogP contribution is 2.22. The van der Waals surface area contributed by atoms with Gasteiger partial charge in [0, 0.05) is 30.2 Å². The summed E-state index contributed by atoms with van der Waals surface area (Å²) in [6.45, 7) is 3.43. The average Bonchev–Trinajstić information content (AvgIpc) is 2.49. The second-order valence-corrected chi connectivity index (χ2v) is 5.38. The lowest BCUT2D eigenvalue weighted by Crippen LogP contribution is -2.19. The quantitative estimate of drug-likeness (QED) is 0.644. The number of hydrogen-bond acceptors (Lipinski definition) is 3. The van der Waals surface area contributed by atoms with Gasteiger partial charge in [-0.3, -0.25) is 10.1 Å². The lowest BCUT2D eigenvalue weighted by atomic mass is 10.0. The molecule has 1 atom stereocenters. The third-order valence-electron chi connectivity index (χ3n) is 3.37. The molecular weight excluding hydrogens is 288 g/mol. The number of nitrogens with zero attached hydrogens (tertiary/aromatic N) is 1. The minimum atomic E-state index is -0.410. The van der Waals surface area contributed by atoms with E-state index < -0.39 is 4.92 Å². The zero-order valence-electron chi connectivity index (χ0n) is 11.8. The Bertz CT molecular complexity index is 617. The third kappa shape index (κ3) is 4.28. The van der Waals surface area contributed by atoms with E-state index in [4.69, 9.17) is 11.6 Å². The lowest BCUT2D eigenvalue weighted by Gasteiger charge is -2.13. The molecule has 21 heavy (non-hydrogen) atoms. The van der Waals surface area contributed by atoms with Gasteiger partial charge in [-0.1, -0.05) is 48.9 Å². The van der Waals surface area contributed by atoms with E-state index in [1.54, 1.807) is 6.07 Å². The molecule has 0 aliphatic rings. The summed E-state index contributed by atoms with van der Waals surface area (Å²) in [5.41, 5.74) is 2.06. The second kappa shape index (κ2) is 7.20. The van der Waals surface area contributed by atoms with Crippen molar-refractivity contribution in [3.63, 3.8) is 0 Å². The molecule has 0 spiro atoms. The number of nitro benzene ring substituents is 1. The molecule has 0 amide bonds. The van der Waals surface area contributed by atoms with Crippen LogP contribution in [0.4, 0.5) is 5.69 Å². The van der Waals surface area contributed by atoms with Crippen LogP contribution in [0.5, 0.6) is 0 Å². The van der Waals surface area contributed by atoms with E-state index in [0.29, 0.717) is 17.5 Å². The Labute approximate surface area is 128 Å². The molecule has 2 aromatic carbocycles. The first-order valence-electron chi connectivity index (χ1n) is 6.76. The topological polar surface area (TPSA) is 55.2 Å². The normalized spacial score (nSPS) is 12.1. The van der Waals surface area contributed by atoms with Gasteiger partial charge in [0.25, 0.3) is 5.69 Å². The number of hydrogen-bond donors (Lipinski definition) is 1. The van der Waals surface area contributed by atoms with Gasteiger partial charge in [0.2, 0.25) is 0 Å². The molecule has 0 bridgehead atoms. The van der Waals surface area contributed by atoms with E-state index in [2.05, 4.69) is 24.4 Å². The van der Waals surface area contributed by atoms with Crippen molar-refractivity contribution in [2.75, 3.05) is 6.54 Å². The Morgan fingerprint density at radius 3 is 2.62 bits per heavy atom. The van der Waals surface area contributed by atoms with Crippen molar-refractivity contribution in [2.45, 2.75) is 19.4 Å². The van der Waals surface area contributed by atoms with Gasteiger partial charge < -0.3 is 5.32 Å². The summed E-state index contributed by atoms with van der Waals surface area (Å²) in [5.74, 6) is 0.365. The number of nitro groups is 1. The van der Waals surface area contributed by atoms with Crippen LogP contribution in [-0.4, -0.2) is 11.5 Å². The van der Waals surface area contributed by atoms with Crippen LogP contribution in [0.15, 0.2) is 48.5 Å². The standard InChI is InChI=1S/C16H17ClN2O2/c1-12(13-5-3-2-4-6-13)10-18-11-14-9-15(19(20)21)7-8-16(14)17/h2-9,12,18H,10-11H2,1H3. The number of non-ortho nitro benzene ring substituents is 1. The number of nitrogens with one attached hydrogen (secondary N) is 1. The first-order chi connectivity index (χ1) is 10.1. The highest BCUT2D eigenvalue weighted by molar-refractivity contribution is 6.31. The van der Waals surface area contributed by atoms with E-state index in [-0.39, 0.29) is 5.69 Å². The fraction of sp³-hybridized carbons (Fsp3) is 0.250. The van der Waals surface area contributed by atoms with Crippen molar-refractivity contribution in [3.05, 3.63) is 74.8 Å². The van der Waals surface area contributed by atoms with Gasteiger partial charge in [-0.05, 0) is 23.1 Å². The molecule has 2 aromatic rings. The first kappa shape index (κ1) is 15.5. The smallest absolute Gasteiger partial charge is 0.269 e. The molecule has 0 radical (unpaired) electrons. The van der Waals surface area contributed by atoms with Crippen molar-refractivity contribution in [1.29, 1.82) is 0 Å². The average molecular weight is 305 g/mol. The Kier molecular flexibility index (Phi) is 5.31. The van der Waals surface area contributed by atoms with Crippen molar-refractivity contribution in [1.82, 2.24) is 5.32 Å². The molecule has 4 nitrogen and oxygen atoms in total. The molecule has 0 heterocycles. The summed E-state index contributed by atoms with van der Waals surface area (Å²) in [6.07, 6.45) is 0. The van der Waals surface area contributed by atoms with Crippen molar-refractivity contribution >= 4 is 17.3 Å². The maximum absolute atomic E-state index is 10.8. The summed E-state index contributed by atoms with van der Waals surface area (Å²) >= 11 is 6.07. The van der Waals surface area contributed by atoms with Crippen LogP contribution < -0.4 is 5.32 Å². The van der Waals surface area contributed by atoms with Crippen LogP contribution in [0.3, 0.4) is 0 Å². The summed E-state index contributed by atoms with van der Waals surface area (Å²) in [5, 5.41) is 14.6. The number of rotatable bonds is 6. The van der Waals surface area contributed by atoms with Gasteiger partial charge in [-0.25, -0.2) is 0 Å². The van der Waals surface area contributed by atoms with E-state index in [1.807, 2.05) is 18.2 Å². The molecular formula is C16H17ClN2O2. The van der Waals surface area contributed by atoms with Crippen LogP contribution in [0.25, 0.3) is 0 Å². The molecule has 0 aliphatic carbocycles. The molecule has 0 saturated heterocycles. The van der Waals surface area contributed by atoms with Gasteiger partial charge in [-0.2, -0.15) is 0 Å². The molecule has 0 aromatic heterocycles. The molecule has 1 unspecified atom stereocenters. The van der Waals surface area contributed by atoms with Gasteiger partial charge in [0.15, 0.2) is 0 Å². The largest absolute Gasteiger partial charge is 0.312 e. The van der Waals surface area contributed by atoms with E-state index in [1.165, 1.54) is 17.7 Å². The SMILES string of the molecule is CC(CNCc1cc([N+](=O)[O-])ccc1Cl)c1ccccc1. The summed E-state index contributed by atoms with van der Waals surface area (Å²) in [4.78, 5) is 10.4. The van der Waals surface area contributed by atoms with Crippen LogP contribution in [0.1, 0.15) is 24.0 Å². The Morgan fingerprint density at radius 2 is 1.95 bits per heavy atom. The highest BCUT2D eigenvalue weighted by atomic mass is 35.5. The van der Waals surface area contributed by atoms with E-state index in [0.717, 1.165) is 12.1 Å². The van der Waals surface area contributed by atoms with Crippen molar-refractivity contribution in [3.8, 4) is 0 Å². The fourth-order valence-corrected chi connectivity index (χ4v) is 2.32.